The van der Waals surface area contributed by atoms with Crippen molar-refractivity contribution in [2.24, 2.45) is 0 Å². The summed E-state index contributed by atoms with van der Waals surface area (Å²) in [6, 6.07) is 18.9. The third-order valence-electron chi connectivity index (χ3n) is 4.42. The molecule has 3 aromatic rings. The predicted octanol–water partition coefficient (Wildman–Crippen LogP) is 2.61. The fraction of sp³-hybridized carbons (Fsp3) is 0.0909. The molecule has 0 aliphatic carbocycles. The Kier molecular flexibility index (Phi) is 7.26. The van der Waals surface area contributed by atoms with Gasteiger partial charge in [0.25, 0.3) is 10.0 Å². The normalized spacial score (nSPS) is 11.5. The Bertz CT molecular complexity index is 1350. The number of Topliss-reactive ketones (excluding diaryl/α,β-unsaturated/α-hetero) is 1. The summed E-state index contributed by atoms with van der Waals surface area (Å²) < 4.78 is 54.7. The second kappa shape index (κ2) is 9.94. The van der Waals surface area contributed by atoms with Crippen LogP contribution in [-0.2, 0) is 24.8 Å². The molecule has 0 saturated carbocycles. The molecule has 0 spiro atoms. The number of sulfonamides is 2. The second-order valence-electron chi connectivity index (χ2n) is 6.95. The van der Waals surface area contributed by atoms with Crippen LogP contribution >= 0.6 is 0 Å². The third-order valence-corrected chi connectivity index (χ3v) is 7.23. The summed E-state index contributed by atoms with van der Waals surface area (Å²) in [4.78, 5) is 23.0. The summed E-state index contributed by atoms with van der Waals surface area (Å²) in [5.41, 5.74) is 0.990. The monoisotopic (exact) mass is 487 g/mol. The van der Waals surface area contributed by atoms with Crippen molar-refractivity contribution in [1.82, 2.24) is 4.72 Å². The lowest BCUT2D eigenvalue weighted by Gasteiger charge is -2.10. The quantitative estimate of drug-likeness (QED) is 0.397. The van der Waals surface area contributed by atoms with Gasteiger partial charge in [0, 0.05) is 23.9 Å². The van der Waals surface area contributed by atoms with Crippen LogP contribution in [0.3, 0.4) is 0 Å². The van der Waals surface area contributed by atoms with Gasteiger partial charge in [-0.1, -0.05) is 30.3 Å². The molecule has 0 atom stereocenters. The minimum Gasteiger partial charge on any atom is -0.326 e. The summed E-state index contributed by atoms with van der Waals surface area (Å²) >= 11 is 0. The first kappa shape index (κ1) is 24.1. The molecule has 3 aromatic carbocycles. The van der Waals surface area contributed by atoms with E-state index in [1.807, 2.05) is 0 Å². The zero-order valence-electron chi connectivity index (χ0n) is 17.5. The average molecular weight is 488 g/mol. The summed E-state index contributed by atoms with van der Waals surface area (Å²) in [6.07, 6.45) is 0. The molecule has 0 fully saturated rings. The fourth-order valence-electron chi connectivity index (χ4n) is 2.81. The molecule has 0 heterocycles. The van der Waals surface area contributed by atoms with Crippen molar-refractivity contribution in [2.75, 3.05) is 16.6 Å². The Hall–Kier alpha value is -3.54. The first-order valence-electron chi connectivity index (χ1n) is 9.65. The summed E-state index contributed by atoms with van der Waals surface area (Å²) in [5, 5.41) is 2.54. The molecule has 0 radical (unpaired) electrons. The highest BCUT2D eigenvalue weighted by molar-refractivity contribution is 7.92. The van der Waals surface area contributed by atoms with Crippen LogP contribution in [0.5, 0.6) is 0 Å². The molecule has 0 aliphatic rings. The lowest BCUT2D eigenvalue weighted by molar-refractivity contribution is -0.114. The van der Waals surface area contributed by atoms with E-state index in [-0.39, 0.29) is 27.2 Å². The van der Waals surface area contributed by atoms with Gasteiger partial charge in [0.15, 0.2) is 5.78 Å². The number of hydrogen-bond acceptors (Lipinski definition) is 6. The zero-order valence-corrected chi connectivity index (χ0v) is 19.1. The van der Waals surface area contributed by atoms with Crippen LogP contribution in [0.1, 0.15) is 17.3 Å². The van der Waals surface area contributed by atoms with Gasteiger partial charge in [-0.15, -0.1) is 0 Å². The van der Waals surface area contributed by atoms with E-state index < -0.39 is 26.6 Å². The first-order valence-corrected chi connectivity index (χ1v) is 12.6. The number of anilines is 2. The molecular weight excluding hydrogens is 466 g/mol. The number of rotatable bonds is 9. The maximum atomic E-state index is 12.6. The van der Waals surface area contributed by atoms with Gasteiger partial charge in [-0.2, -0.15) is 0 Å². The van der Waals surface area contributed by atoms with Crippen LogP contribution in [0.2, 0.25) is 0 Å². The van der Waals surface area contributed by atoms with Crippen molar-refractivity contribution < 1.29 is 26.4 Å². The Morgan fingerprint density at radius 3 is 1.76 bits per heavy atom. The summed E-state index contributed by atoms with van der Waals surface area (Å²) in [6.45, 7) is 0.932. The number of hydrogen-bond donors (Lipinski definition) is 3. The van der Waals surface area contributed by atoms with Crippen LogP contribution in [0.4, 0.5) is 11.4 Å². The Labute approximate surface area is 191 Å². The highest BCUT2D eigenvalue weighted by Crippen LogP contribution is 2.20. The maximum Gasteiger partial charge on any atom is 0.261 e. The van der Waals surface area contributed by atoms with Crippen LogP contribution in [-0.4, -0.2) is 35.1 Å². The molecule has 1 amide bonds. The molecule has 0 aromatic heterocycles. The van der Waals surface area contributed by atoms with E-state index >= 15 is 0 Å². The van der Waals surface area contributed by atoms with Crippen LogP contribution in [0.25, 0.3) is 0 Å². The Morgan fingerprint density at radius 1 is 0.697 bits per heavy atom. The fourth-order valence-corrected chi connectivity index (χ4v) is 4.85. The van der Waals surface area contributed by atoms with E-state index in [0.717, 1.165) is 0 Å². The van der Waals surface area contributed by atoms with Crippen LogP contribution in [0.15, 0.2) is 88.7 Å². The lowest BCUT2D eigenvalue weighted by atomic mass is 10.1. The predicted molar refractivity (Wildman–Crippen MR) is 124 cm³/mol. The number of carbonyl (C=O) groups excluding carboxylic acids is 2. The van der Waals surface area contributed by atoms with E-state index in [9.17, 15) is 26.4 Å². The van der Waals surface area contributed by atoms with Crippen molar-refractivity contribution in [3.05, 3.63) is 84.4 Å². The molecule has 11 heteroatoms. The van der Waals surface area contributed by atoms with E-state index in [2.05, 4.69) is 14.8 Å². The molecule has 0 aliphatic heterocycles. The Balaban J connectivity index is 1.66. The molecule has 172 valence electrons. The minimum absolute atomic E-state index is 0.0330. The molecule has 0 bridgehead atoms. The standard InChI is InChI=1S/C22H21N3O6S2/c1-16(26)24-18-7-11-21(12-8-18)33(30,31)25-19-9-13-20(14-10-19)32(28,29)23-15-22(27)17-5-3-2-4-6-17/h2-14,23,25H,15H2,1H3,(H,24,26). The van der Waals surface area contributed by atoms with E-state index in [0.29, 0.717) is 11.3 Å². The van der Waals surface area contributed by atoms with Crippen molar-refractivity contribution in [1.29, 1.82) is 0 Å². The molecular formula is C22H21N3O6S2. The van der Waals surface area contributed by atoms with Gasteiger partial charge in [-0.3, -0.25) is 14.3 Å². The minimum atomic E-state index is -3.97. The molecule has 33 heavy (non-hydrogen) atoms. The average Bonchev–Trinajstić information content (AvgIpc) is 2.78. The molecule has 3 rings (SSSR count). The van der Waals surface area contributed by atoms with Gasteiger partial charge >= 0.3 is 0 Å². The Morgan fingerprint density at radius 2 is 1.21 bits per heavy atom. The van der Waals surface area contributed by atoms with E-state index in [1.165, 1.54) is 55.5 Å². The van der Waals surface area contributed by atoms with Crippen molar-refractivity contribution in [3.63, 3.8) is 0 Å². The SMILES string of the molecule is CC(=O)Nc1ccc(S(=O)(=O)Nc2ccc(S(=O)(=O)NCC(=O)c3ccccc3)cc2)cc1. The van der Waals surface area contributed by atoms with Crippen molar-refractivity contribution in [2.45, 2.75) is 16.7 Å². The second-order valence-corrected chi connectivity index (χ2v) is 10.4. The van der Waals surface area contributed by atoms with Gasteiger partial charge in [-0.05, 0) is 48.5 Å². The van der Waals surface area contributed by atoms with Gasteiger partial charge in [0.2, 0.25) is 15.9 Å². The lowest BCUT2D eigenvalue weighted by Crippen LogP contribution is -2.29. The number of benzene rings is 3. The zero-order chi connectivity index (χ0) is 24.1. The molecule has 0 saturated heterocycles. The molecule has 0 unspecified atom stereocenters. The van der Waals surface area contributed by atoms with Crippen molar-refractivity contribution in [3.8, 4) is 0 Å². The highest BCUT2D eigenvalue weighted by Gasteiger charge is 2.18. The maximum absolute atomic E-state index is 12.6. The van der Waals surface area contributed by atoms with Crippen LogP contribution in [0, 0.1) is 0 Å². The van der Waals surface area contributed by atoms with Crippen LogP contribution < -0.4 is 14.8 Å². The van der Waals surface area contributed by atoms with E-state index in [1.54, 1.807) is 30.3 Å². The highest BCUT2D eigenvalue weighted by atomic mass is 32.2. The van der Waals surface area contributed by atoms with Gasteiger partial charge in [0.1, 0.15) is 0 Å². The van der Waals surface area contributed by atoms with Gasteiger partial charge < -0.3 is 5.32 Å². The largest absolute Gasteiger partial charge is 0.326 e. The van der Waals surface area contributed by atoms with E-state index in [4.69, 9.17) is 0 Å². The van der Waals surface area contributed by atoms with Gasteiger partial charge in [-0.25, -0.2) is 21.6 Å². The summed E-state index contributed by atoms with van der Waals surface area (Å²) in [5.74, 6) is -0.661. The molecule has 9 nitrogen and oxygen atoms in total. The number of ketones is 1. The molecule has 3 N–H and O–H groups in total. The smallest absolute Gasteiger partial charge is 0.261 e. The first-order chi connectivity index (χ1) is 15.6. The number of amides is 1. The topological polar surface area (TPSA) is 139 Å². The third kappa shape index (κ3) is 6.48. The summed E-state index contributed by atoms with van der Waals surface area (Å²) in [7, 11) is -7.90. The number of nitrogens with one attached hydrogen (secondary N) is 3. The van der Waals surface area contributed by atoms with Gasteiger partial charge in [0.05, 0.1) is 16.3 Å². The van der Waals surface area contributed by atoms with Crippen molar-refractivity contribution >= 4 is 43.1 Å². The number of carbonyl (C=O) groups is 2.